The number of nitrogen functional groups attached to an aromatic ring is 1. The van der Waals surface area contributed by atoms with E-state index in [0.29, 0.717) is 17.1 Å². The van der Waals surface area contributed by atoms with Crippen LogP contribution in [0.4, 0.5) is 5.82 Å². The number of aromatic carboxylic acids is 1. The van der Waals surface area contributed by atoms with Gasteiger partial charge in [-0.1, -0.05) is 6.07 Å². The molecule has 0 amide bonds. The number of thiophene rings is 1. The van der Waals surface area contributed by atoms with Gasteiger partial charge in [0.05, 0.1) is 17.1 Å². The number of anilines is 1. The molecule has 0 aliphatic heterocycles. The van der Waals surface area contributed by atoms with E-state index in [1.165, 1.54) is 0 Å². The average molecular weight is 452 g/mol. The van der Waals surface area contributed by atoms with E-state index in [4.69, 9.17) is 5.73 Å². The average Bonchev–Trinajstić information content (AvgIpc) is 3.36. The van der Waals surface area contributed by atoms with Gasteiger partial charge in [-0.2, -0.15) is 0 Å². The SMILES string of the molecule is Nc1ccc(-c2cccnc2-c2ccnc(-c3cccnc3)c2)c(-c2csc(C(=O)O)c2)n1. The summed E-state index contributed by atoms with van der Waals surface area (Å²) in [6, 6.07) is 16.8. The number of aromatic nitrogens is 4. The second-order valence-corrected chi connectivity index (χ2v) is 8.12. The number of carbonyl (C=O) groups is 1. The van der Waals surface area contributed by atoms with Crippen LogP contribution in [0.2, 0.25) is 0 Å². The van der Waals surface area contributed by atoms with Gasteiger partial charge in [0.15, 0.2) is 0 Å². The topological polar surface area (TPSA) is 115 Å². The van der Waals surface area contributed by atoms with E-state index < -0.39 is 5.97 Å². The first kappa shape index (κ1) is 20.5. The van der Waals surface area contributed by atoms with Crippen LogP contribution in [0.3, 0.4) is 0 Å². The van der Waals surface area contributed by atoms with Crippen molar-refractivity contribution >= 4 is 23.1 Å². The third-order valence-electron chi connectivity index (χ3n) is 5.09. The van der Waals surface area contributed by atoms with E-state index in [9.17, 15) is 9.90 Å². The van der Waals surface area contributed by atoms with Crippen molar-refractivity contribution in [3.8, 4) is 44.9 Å². The molecule has 5 rings (SSSR count). The Labute approximate surface area is 193 Å². The van der Waals surface area contributed by atoms with Crippen molar-refractivity contribution < 1.29 is 9.90 Å². The van der Waals surface area contributed by atoms with Gasteiger partial charge in [0.1, 0.15) is 10.7 Å². The fraction of sp³-hybridized carbons (Fsp3) is 0. The van der Waals surface area contributed by atoms with Crippen molar-refractivity contribution in [3.63, 3.8) is 0 Å². The minimum Gasteiger partial charge on any atom is -0.477 e. The molecule has 3 N–H and O–H groups in total. The highest BCUT2D eigenvalue weighted by molar-refractivity contribution is 7.12. The summed E-state index contributed by atoms with van der Waals surface area (Å²) < 4.78 is 0. The molecule has 0 fully saturated rings. The Morgan fingerprint density at radius 3 is 2.48 bits per heavy atom. The Kier molecular flexibility index (Phi) is 5.34. The van der Waals surface area contributed by atoms with E-state index >= 15 is 0 Å². The lowest BCUT2D eigenvalue weighted by atomic mass is 9.96. The van der Waals surface area contributed by atoms with E-state index in [2.05, 4.69) is 19.9 Å². The van der Waals surface area contributed by atoms with Crippen LogP contribution in [0.1, 0.15) is 9.67 Å². The van der Waals surface area contributed by atoms with Crippen LogP contribution in [-0.4, -0.2) is 31.0 Å². The van der Waals surface area contributed by atoms with Crippen LogP contribution in [-0.2, 0) is 0 Å². The van der Waals surface area contributed by atoms with Crippen molar-refractivity contribution in [2.24, 2.45) is 0 Å². The van der Waals surface area contributed by atoms with Gasteiger partial charge in [0, 0.05) is 58.0 Å². The van der Waals surface area contributed by atoms with Crippen LogP contribution in [0.25, 0.3) is 44.9 Å². The fourth-order valence-corrected chi connectivity index (χ4v) is 4.32. The quantitative estimate of drug-likeness (QED) is 0.374. The molecule has 0 saturated carbocycles. The number of carboxylic acid groups (broad SMARTS) is 1. The van der Waals surface area contributed by atoms with Gasteiger partial charge in [0.2, 0.25) is 0 Å². The maximum absolute atomic E-state index is 11.4. The maximum atomic E-state index is 11.4. The highest BCUT2D eigenvalue weighted by Crippen LogP contribution is 2.38. The molecule has 0 bridgehead atoms. The molecule has 8 heteroatoms. The van der Waals surface area contributed by atoms with Gasteiger partial charge in [-0.3, -0.25) is 15.0 Å². The van der Waals surface area contributed by atoms with E-state index in [-0.39, 0.29) is 4.88 Å². The van der Waals surface area contributed by atoms with Gasteiger partial charge in [-0.25, -0.2) is 9.78 Å². The summed E-state index contributed by atoms with van der Waals surface area (Å²) in [7, 11) is 0. The number of carboxylic acids is 1. The number of rotatable bonds is 5. The summed E-state index contributed by atoms with van der Waals surface area (Å²) >= 11 is 1.15. The van der Waals surface area contributed by atoms with Crippen molar-refractivity contribution in [1.82, 2.24) is 19.9 Å². The molecule has 5 aromatic heterocycles. The third-order valence-corrected chi connectivity index (χ3v) is 6.01. The number of hydrogen-bond acceptors (Lipinski definition) is 7. The minimum absolute atomic E-state index is 0.238. The van der Waals surface area contributed by atoms with Crippen molar-refractivity contribution in [2.75, 3.05) is 5.73 Å². The lowest BCUT2D eigenvalue weighted by molar-refractivity contribution is 0.0702. The molecule has 160 valence electrons. The molecule has 0 aliphatic carbocycles. The molecular weight excluding hydrogens is 434 g/mol. The van der Waals surface area contributed by atoms with E-state index in [1.54, 1.807) is 42.3 Å². The molecule has 33 heavy (non-hydrogen) atoms. The van der Waals surface area contributed by atoms with E-state index in [1.807, 2.05) is 42.5 Å². The summed E-state index contributed by atoms with van der Waals surface area (Å²) in [5, 5.41) is 11.1. The van der Waals surface area contributed by atoms with Gasteiger partial charge in [0.25, 0.3) is 0 Å². The molecule has 5 aromatic rings. The molecule has 7 nitrogen and oxygen atoms in total. The van der Waals surface area contributed by atoms with Crippen molar-refractivity contribution in [1.29, 1.82) is 0 Å². The minimum atomic E-state index is -0.974. The Morgan fingerprint density at radius 1 is 0.848 bits per heavy atom. The van der Waals surface area contributed by atoms with Crippen molar-refractivity contribution in [2.45, 2.75) is 0 Å². The molecular formula is C25H17N5O2S. The highest BCUT2D eigenvalue weighted by Gasteiger charge is 2.18. The number of nitrogens with zero attached hydrogens (tertiary/aromatic N) is 4. The lowest BCUT2D eigenvalue weighted by Gasteiger charge is -2.13. The van der Waals surface area contributed by atoms with Gasteiger partial charge in [-0.05, 0) is 48.5 Å². The standard InChI is InChI=1S/C25H17N5O2S/c26-22-6-5-19(24(30-22)17-12-21(25(31)32)33-14-17)18-4-2-9-29-23(18)15-7-10-28-20(11-15)16-3-1-8-27-13-16/h1-14H,(H2,26,30)(H,31,32). The van der Waals surface area contributed by atoms with Crippen LogP contribution >= 0.6 is 11.3 Å². The highest BCUT2D eigenvalue weighted by atomic mass is 32.1. The Bertz CT molecular complexity index is 1470. The zero-order chi connectivity index (χ0) is 22.8. The normalized spacial score (nSPS) is 10.8. The zero-order valence-corrected chi connectivity index (χ0v) is 18.0. The Morgan fingerprint density at radius 2 is 1.70 bits per heavy atom. The largest absolute Gasteiger partial charge is 0.477 e. The molecule has 0 aliphatic rings. The summed E-state index contributed by atoms with van der Waals surface area (Å²) in [5.41, 5.74) is 12.3. The molecule has 0 aromatic carbocycles. The molecule has 0 saturated heterocycles. The second kappa shape index (κ2) is 8.60. The Hall–Kier alpha value is -4.43. The predicted octanol–water partition coefficient (Wildman–Crippen LogP) is 5.28. The smallest absolute Gasteiger partial charge is 0.345 e. The summed E-state index contributed by atoms with van der Waals surface area (Å²) in [6.07, 6.45) is 6.97. The monoisotopic (exact) mass is 451 g/mol. The first-order chi connectivity index (χ1) is 16.1. The molecule has 5 heterocycles. The lowest BCUT2D eigenvalue weighted by Crippen LogP contribution is -1.97. The summed E-state index contributed by atoms with van der Waals surface area (Å²) in [5.74, 6) is -0.622. The first-order valence-corrected chi connectivity index (χ1v) is 10.9. The number of nitrogens with two attached hydrogens (primary N) is 1. The van der Waals surface area contributed by atoms with Crippen LogP contribution < -0.4 is 5.73 Å². The third kappa shape index (κ3) is 4.07. The fourth-order valence-electron chi connectivity index (χ4n) is 3.59. The van der Waals surface area contributed by atoms with Gasteiger partial charge < -0.3 is 10.8 Å². The molecule has 0 atom stereocenters. The molecule has 0 unspecified atom stereocenters. The maximum Gasteiger partial charge on any atom is 0.345 e. The van der Waals surface area contributed by atoms with E-state index in [0.717, 1.165) is 45.0 Å². The first-order valence-electron chi connectivity index (χ1n) is 10.0. The molecule has 0 spiro atoms. The summed E-state index contributed by atoms with van der Waals surface area (Å²) in [4.78, 5) is 29.5. The number of hydrogen-bond donors (Lipinski definition) is 2. The van der Waals surface area contributed by atoms with Crippen molar-refractivity contribution in [3.05, 3.63) is 89.6 Å². The number of pyridine rings is 4. The predicted molar refractivity (Wildman–Crippen MR) is 129 cm³/mol. The Balaban J connectivity index is 1.66. The van der Waals surface area contributed by atoms with Crippen LogP contribution in [0.5, 0.6) is 0 Å². The van der Waals surface area contributed by atoms with Gasteiger partial charge >= 0.3 is 5.97 Å². The zero-order valence-electron chi connectivity index (χ0n) is 17.2. The summed E-state index contributed by atoms with van der Waals surface area (Å²) in [6.45, 7) is 0. The van der Waals surface area contributed by atoms with Crippen LogP contribution in [0.15, 0.2) is 84.8 Å². The molecule has 0 radical (unpaired) electrons. The van der Waals surface area contributed by atoms with Crippen LogP contribution in [0, 0.1) is 0 Å². The second-order valence-electron chi connectivity index (χ2n) is 7.21. The van der Waals surface area contributed by atoms with Gasteiger partial charge in [-0.15, -0.1) is 11.3 Å².